The van der Waals surface area contributed by atoms with Crippen molar-refractivity contribution in [2.24, 2.45) is 0 Å². The number of anilines is 2. The SMILES string of the molecule is O=C(Nc1ccc(F)cc1)N1CCN(c2cc(Cl)cc(Cl)c2)CC1. The van der Waals surface area contributed by atoms with Crippen LogP contribution in [0.5, 0.6) is 0 Å². The zero-order valence-electron chi connectivity index (χ0n) is 12.8. The van der Waals surface area contributed by atoms with E-state index in [0.717, 1.165) is 5.69 Å². The van der Waals surface area contributed by atoms with Gasteiger partial charge in [-0.2, -0.15) is 0 Å². The summed E-state index contributed by atoms with van der Waals surface area (Å²) in [5.74, 6) is -0.332. The molecule has 1 fully saturated rings. The van der Waals surface area contributed by atoms with Crippen LogP contribution in [0.3, 0.4) is 0 Å². The zero-order chi connectivity index (χ0) is 17.1. The Morgan fingerprint density at radius 1 is 0.958 bits per heavy atom. The summed E-state index contributed by atoms with van der Waals surface area (Å²) in [5.41, 5.74) is 1.52. The standard InChI is InChI=1S/C17H16Cl2FN3O/c18-12-9-13(19)11-16(10-12)22-5-7-23(8-6-22)17(24)21-15-3-1-14(20)2-4-15/h1-4,9-11H,5-8H2,(H,21,24). The molecule has 0 atom stereocenters. The average molecular weight is 368 g/mol. The number of nitrogens with zero attached hydrogens (tertiary/aromatic N) is 2. The number of hydrogen-bond donors (Lipinski definition) is 1. The lowest BCUT2D eigenvalue weighted by molar-refractivity contribution is 0.208. The second kappa shape index (κ2) is 7.28. The third-order valence-corrected chi connectivity index (χ3v) is 4.31. The molecule has 1 heterocycles. The third-order valence-electron chi connectivity index (χ3n) is 3.87. The van der Waals surface area contributed by atoms with Gasteiger partial charge in [-0.3, -0.25) is 0 Å². The molecule has 2 aromatic carbocycles. The van der Waals surface area contributed by atoms with Gasteiger partial charge in [0.2, 0.25) is 0 Å². The molecule has 0 saturated carbocycles. The summed E-state index contributed by atoms with van der Waals surface area (Å²) in [6.45, 7) is 2.54. The van der Waals surface area contributed by atoms with Crippen molar-refractivity contribution in [2.75, 3.05) is 36.4 Å². The Bertz CT molecular complexity index is 711. The van der Waals surface area contributed by atoms with Crippen molar-refractivity contribution in [3.63, 3.8) is 0 Å². The number of carbonyl (C=O) groups excluding carboxylic acids is 1. The van der Waals surface area contributed by atoms with E-state index in [1.54, 1.807) is 11.0 Å². The van der Waals surface area contributed by atoms with Gasteiger partial charge in [-0.05, 0) is 42.5 Å². The molecule has 4 nitrogen and oxygen atoms in total. The van der Waals surface area contributed by atoms with Crippen LogP contribution in [0.2, 0.25) is 10.0 Å². The van der Waals surface area contributed by atoms with Gasteiger partial charge in [0.1, 0.15) is 5.82 Å². The van der Waals surface area contributed by atoms with E-state index in [2.05, 4.69) is 10.2 Å². The molecular formula is C17H16Cl2FN3O. The average Bonchev–Trinajstić information content (AvgIpc) is 2.56. The molecule has 0 radical (unpaired) electrons. The summed E-state index contributed by atoms with van der Waals surface area (Å²) in [5, 5.41) is 3.95. The first kappa shape index (κ1) is 16.9. The van der Waals surface area contributed by atoms with Crippen LogP contribution in [0.1, 0.15) is 0 Å². The second-order valence-electron chi connectivity index (χ2n) is 5.54. The molecule has 0 aromatic heterocycles. The van der Waals surface area contributed by atoms with E-state index in [0.29, 0.717) is 41.9 Å². The first-order valence-corrected chi connectivity index (χ1v) is 8.29. The number of nitrogens with one attached hydrogen (secondary N) is 1. The fraction of sp³-hybridized carbons (Fsp3) is 0.235. The van der Waals surface area contributed by atoms with Crippen LogP contribution >= 0.6 is 23.2 Å². The number of halogens is 3. The lowest BCUT2D eigenvalue weighted by atomic mass is 10.2. The normalized spacial score (nSPS) is 14.6. The van der Waals surface area contributed by atoms with Gasteiger partial charge in [-0.15, -0.1) is 0 Å². The van der Waals surface area contributed by atoms with Gasteiger partial charge in [0.15, 0.2) is 0 Å². The molecule has 3 rings (SSSR count). The minimum Gasteiger partial charge on any atom is -0.368 e. The largest absolute Gasteiger partial charge is 0.368 e. The van der Waals surface area contributed by atoms with E-state index in [9.17, 15) is 9.18 Å². The minimum absolute atomic E-state index is 0.189. The molecule has 7 heteroatoms. The van der Waals surface area contributed by atoms with Crippen LogP contribution in [-0.4, -0.2) is 37.1 Å². The number of piperazine rings is 1. The van der Waals surface area contributed by atoms with Crippen molar-refractivity contribution in [1.29, 1.82) is 0 Å². The van der Waals surface area contributed by atoms with Crippen LogP contribution < -0.4 is 10.2 Å². The van der Waals surface area contributed by atoms with Gasteiger partial charge in [0, 0.05) is 47.6 Å². The third kappa shape index (κ3) is 4.10. The molecule has 2 aromatic rings. The highest BCUT2D eigenvalue weighted by Crippen LogP contribution is 2.26. The van der Waals surface area contributed by atoms with Crippen molar-refractivity contribution in [2.45, 2.75) is 0 Å². The lowest BCUT2D eigenvalue weighted by Gasteiger charge is -2.36. The lowest BCUT2D eigenvalue weighted by Crippen LogP contribution is -2.50. The van der Waals surface area contributed by atoms with E-state index in [4.69, 9.17) is 23.2 Å². The number of amides is 2. The topological polar surface area (TPSA) is 35.6 Å². The van der Waals surface area contributed by atoms with Crippen molar-refractivity contribution in [3.8, 4) is 0 Å². The van der Waals surface area contributed by atoms with Gasteiger partial charge in [0.05, 0.1) is 0 Å². The van der Waals surface area contributed by atoms with Gasteiger partial charge in [-0.1, -0.05) is 23.2 Å². The summed E-state index contributed by atoms with van der Waals surface area (Å²) in [4.78, 5) is 16.1. The van der Waals surface area contributed by atoms with E-state index < -0.39 is 0 Å². The number of urea groups is 1. The predicted octanol–water partition coefficient (Wildman–Crippen LogP) is 4.49. The van der Waals surface area contributed by atoms with Crippen molar-refractivity contribution in [3.05, 3.63) is 58.3 Å². The van der Waals surface area contributed by atoms with E-state index >= 15 is 0 Å². The Labute approximate surface area is 149 Å². The Kier molecular flexibility index (Phi) is 5.11. The number of hydrogen-bond acceptors (Lipinski definition) is 2. The highest BCUT2D eigenvalue weighted by molar-refractivity contribution is 6.35. The zero-order valence-corrected chi connectivity index (χ0v) is 14.3. The second-order valence-corrected chi connectivity index (χ2v) is 6.41. The predicted molar refractivity (Wildman–Crippen MR) is 95.7 cm³/mol. The molecule has 1 aliphatic heterocycles. The maximum absolute atomic E-state index is 12.9. The van der Waals surface area contributed by atoms with Crippen LogP contribution in [0.4, 0.5) is 20.6 Å². The molecule has 1 aliphatic rings. The molecule has 24 heavy (non-hydrogen) atoms. The van der Waals surface area contributed by atoms with Gasteiger partial charge < -0.3 is 15.1 Å². The molecule has 0 bridgehead atoms. The summed E-state index contributed by atoms with van der Waals surface area (Å²) in [7, 11) is 0. The summed E-state index contributed by atoms with van der Waals surface area (Å²) in [6, 6.07) is 10.9. The Balaban J connectivity index is 1.58. The first-order valence-electron chi connectivity index (χ1n) is 7.54. The van der Waals surface area contributed by atoms with E-state index in [1.165, 1.54) is 24.3 Å². The maximum atomic E-state index is 12.9. The monoisotopic (exact) mass is 367 g/mol. The fourth-order valence-corrected chi connectivity index (χ4v) is 3.14. The van der Waals surface area contributed by atoms with Crippen LogP contribution in [0.25, 0.3) is 0 Å². The maximum Gasteiger partial charge on any atom is 0.321 e. The van der Waals surface area contributed by atoms with Crippen LogP contribution in [0.15, 0.2) is 42.5 Å². The molecular weight excluding hydrogens is 352 g/mol. The quantitative estimate of drug-likeness (QED) is 0.848. The van der Waals surface area contributed by atoms with Gasteiger partial charge in [0.25, 0.3) is 0 Å². The summed E-state index contributed by atoms with van der Waals surface area (Å²) < 4.78 is 12.9. The van der Waals surface area contributed by atoms with Crippen molar-refractivity contribution < 1.29 is 9.18 Å². The number of rotatable bonds is 2. The minimum atomic E-state index is -0.332. The van der Waals surface area contributed by atoms with E-state index in [-0.39, 0.29) is 11.8 Å². The molecule has 126 valence electrons. The van der Waals surface area contributed by atoms with Crippen LogP contribution in [-0.2, 0) is 0 Å². The summed E-state index contributed by atoms with van der Waals surface area (Å²) in [6.07, 6.45) is 0. The fourth-order valence-electron chi connectivity index (χ4n) is 2.63. The van der Waals surface area contributed by atoms with Crippen molar-refractivity contribution >= 4 is 40.6 Å². The smallest absolute Gasteiger partial charge is 0.321 e. The Morgan fingerprint density at radius 3 is 2.12 bits per heavy atom. The molecule has 1 N–H and O–H groups in total. The highest BCUT2D eigenvalue weighted by Gasteiger charge is 2.21. The molecule has 2 amide bonds. The Hall–Kier alpha value is -1.98. The summed E-state index contributed by atoms with van der Waals surface area (Å²) >= 11 is 12.1. The highest BCUT2D eigenvalue weighted by atomic mass is 35.5. The van der Waals surface area contributed by atoms with Crippen molar-refractivity contribution in [1.82, 2.24) is 4.90 Å². The van der Waals surface area contributed by atoms with Gasteiger partial charge >= 0.3 is 6.03 Å². The molecule has 0 spiro atoms. The molecule has 0 unspecified atom stereocenters. The molecule has 0 aliphatic carbocycles. The van der Waals surface area contributed by atoms with Gasteiger partial charge in [-0.25, -0.2) is 9.18 Å². The van der Waals surface area contributed by atoms with E-state index in [1.807, 2.05) is 12.1 Å². The van der Waals surface area contributed by atoms with Crippen LogP contribution in [0, 0.1) is 5.82 Å². The number of benzene rings is 2. The number of carbonyl (C=O) groups is 1. The Morgan fingerprint density at radius 2 is 1.54 bits per heavy atom. The molecule has 1 saturated heterocycles. The first-order chi connectivity index (χ1) is 11.5.